The van der Waals surface area contributed by atoms with E-state index >= 15 is 0 Å². The lowest BCUT2D eigenvalue weighted by Gasteiger charge is -2.31. The molecule has 0 amide bonds. The molecule has 0 aliphatic carbocycles. The second-order valence-corrected chi connectivity index (χ2v) is 6.13. The van der Waals surface area contributed by atoms with Gasteiger partial charge in [0.05, 0.1) is 19.0 Å². The van der Waals surface area contributed by atoms with Gasteiger partial charge in [-0.15, -0.1) is 0 Å². The minimum atomic E-state index is -3.15. The maximum absolute atomic E-state index is 11.5. The molecule has 0 spiro atoms. The van der Waals surface area contributed by atoms with Crippen LogP contribution in [0.3, 0.4) is 0 Å². The molecule has 0 bridgehead atoms. The van der Waals surface area contributed by atoms with Crippen molar-refractivity contribution in [3.8, 4) is 0 Å². The van der Waals surface area contributed by atoms with E-state index in [0.29, 0.717) is 25.4 Å². The third-order valence-corrected chi connectivity index (χ3v) is 4.08. The quantitative estimate of drug-likeness (QED) is 0.787. The summed E-state index contributed by atoms with van der Waals surface area (Å²) < 4.78 is 30.0. The Kier molecular flexibility index (Phi) is 3.37. The van der Waals surface area contributed by atoms with E-state index in [4.69, 9.17) is 10.5 Å². The van der Waals surface area contributed by atoms with Gasteiger partial charge >= 0.3 is 0 Å². The molecule has 1 aromatic rings. The topological polar surface area (TPSA) is 72.6 Å². The molecule has 1 saturated heterocycles. The van der Waals surface area contributed by atoms with Crippen LogP contribution in [0.4, 0.5) is 5.69 Å². The molecule has 1 aromatic carbocycles. The standard InChI is InChI=1S/C11H16N2O3S/c1-17(14,15)13-6-7-16-11(8-13)9-2-4-10(12)5-3-9/h2-5,11H,6-8,12H2,1H3. The second kappa shape index (κ2) is 4.64. The van der Waals surface area contributed by atoms with Gasteiger partial charge in [0.25, 0.3) is 0 Å². The third-order valence-electron chi connectivity index (χ3n) is 2.81. The minimum absolute atomic E-state index is 0.209. The Morgan fingerprint density at radius 2 is 2.00 bits per heavy atom. The third kappa shape index (κ3) is 2.96. The highest BCUT2D eigenvalue weighted by Crippen LogP contribution is 2.24. The average Bonchev–Trinajstić information content (AvgIpc) is 2.29. The van der Waals surface area contributed by atoms with Crippen molar-refractivity contribution in [1.29, 1.82) is 0 Å². The summed E-state index contributed by atoms with van der Waals surface area (Å²) in [7, 11) is -3.15. The Balaban J connectivity index is 2.15. The summed E-state index contributed by atoms with van der Waals surface area (Å²) in [6.45, 7) is 1.20. The molecule has 94 valence electrons. The molecule has 0 radical (unpaired) electrons. The van der Waals surface area contributed by atoms with Gasteiger partial charge in [0.15, 0.2) is 0 Å². The first-order valence-electron chi connectivity index (χ1n) is 5.39. The van der Waals surface area contributed by atoms with Crippen molar-refractivity contribution in [1.82, 2.24) is 4.31 Å². The van der Waals surface area contributed by atoms with Crippen LogP contribution in [0.2, 0.25) is 0 Å². The summed E-state index contributed by atoms with van der Waals surface area (Å²) in [5.74, 6) is 0. The second-order valence-electron chi connectivity index (χ2n) is 4.15. The summed E-state index contributed by atoms with van der Waals surface area (Å²) >= 11 is 0. The fourth-order valence-corrected chi connectivity index (χ4v) is 2.65. The van der Waals surface area contributed by atoms with Crippen molar-refractivity contribution in [3.05, 3.63) is 29.8 Å². The van der Waals surface area contributed by atoms with Gasteiger partial charge in [0.2, 0.25) is 10.0 Å². The molecule has 1 fully saturated rings. The van der Waals surface area contributed by atoms with Crippen molar-refractivity contribution in [2.45, 2.75) is 6.10 Å². The molecular formula is C11H16N2O3S. The van der Waals surface area contributed by atoms with Crippen LogP contribution < -0.4 is 5.73 Å². The first-order chi connectivity index (χ1) is 7.97. The van der Waals surface area contributed by atoms with Gasteiger partial charge < -0.3 is 10.5 Å². The van der Waals surface area contributed by atoms with Crippen molar-refractivity contribution in [2.24, 2.45) is 0 Å². The summed E-state index contributed by atoms with van der Waals surface area (Å²) in [5.41, 5.74) is 7.24. The number of sulfonamides is 1. The zero-order chi connectivity index (χ0) is 12.5. The zero-order valence-corrected chi connectivity index (χ0v) is 10.5. The molecule has 17 heavy (non-hydrogen) atoms. The van der Waals surface area contributed by atoms with Crippen LogP contribution in [-0.4, -0.2) is 38.7 Å². The fraction of sp³-hybridized carbons (Fsp3) is 0.455. The summed E-state index contributed by atoms with van der Waals surface area (Å²) in [6.07, 6.45) is 1.01. The van der Waals surface area contributed by atoms with Crippen LogP contribution >= 0.6 is 0 Å². The Morgan fingerprint density at radius 3 is 2.59 bits per heavy atom. The van der Waals surface area contributed by atoms with Crippen molar-refractivity contribution < 1.29 is 13.2 Å². The molecule has 1 aliphatic rings. The number of benzene rings is 1. The van der Waals surface area contributed by atoms with Crippen molar-refractivity contribution in [2.75, 3.05) is 31.7 Å². The van der Waals surface area contributed by atoms with E-state index in [9.17, 15) is 8.42 Å². The monoisotopic (exact) mass is 256 g/mol. The number of rotatable bonds is 2. The highest BCUT2D eigenvalue weighted by Gasteiger charge is 2.27. The van der Waals surface area contributed by atoms with E-state index in [-0.39, 0.29) is 6.10 Å². The number of morpholine rings is 1. The van der Waals surface area contributed by atoms with Crippen LogP contribution in [0.5, 0.6) is 0 Å². The number of nitrogen functional groups attached to an aromatic ring is 1. The maximum atomic E-state index is 11.5. The first kappa shape index (κ1) is 12.3. The van der Waals surface area contributed by atoms with Gasteiger partial charge in [-0.3, -0.25) is 0 Å². The molecule has 1 aliphatic heterocycles. The average molecular weight is 256 g/mol. The molecule has 6 heteroatoms. The van der Waals surface area contributed by atoms with Crippen LogP contribution in [0, 0.1) is 0 Å². The summed E-state index contributed by atoms with van der Waals surface area (Å²) in [6, 6.07) is 7.31. The lowest BCUT2D eigenvalue weighted by Crippen LogP contribution is -2.41. The predicted octanol–water partition coefficient (Wildman–Crippen LogP) is 0.602. The molecule has 1 heterocycles. The Bertz CT molecular complexity index is 484. The number of hydrogen-bond donors (Lipinski definition) is 1. The minimum Gasteiger partial charge on any atom is -0.399 e. The lowest BCUT2D eigenvalue weighted by atomic mass is 10.1. The van der Waals surface area contributed by atoms with Crippen molar-refractivity contribution >= 4 is 15.7 Å². The smallest absolute Gasteiger partial charge is 0.211 e. The van der Waals surface area contributed by atoms with Gasteiger partial charge in [0, 0.05) is 18.8 Å². The zero-order valence-electron chi connectivity index (χ0n) is 9.67. The number of ether oxygens (including phenoxy) is 1. The van der Waals surface area contributed by atoms with Crippen LogP contribution in [0.25, 0.3) is 0 Å². The Morgan fingerprint density at radius 1 is 1.35 bits per heavy atom. The van der Waals surface area contributed by atoms with E-state index in [1.54, 1.807) is 12.1 Å². The van der Waals surface area contributed by atoms with Crippen LogP contribution in [0.15, 0.2) is 24.3 Å². The van der Waals surface area contributed by atoms with E-state index < -0.39 is 10.0 Å². The highest BCUT2D eigenvalue weighted by molar-refractivity contribution is 7.88. The molecule has 2 N–H and O–H groups in total. The Labute approximate surface area is 101 Å². The van der Waals surface area contributed by atoms with Gasteiger partial charge in [0.1, 0.15) is 0 Å². The number of nitrogens with two attached hydrogens (primary N) is 1. The number of hydrogen-bond acceptors (Lipinski definition) is 4. The van der Waals surface area contributed by atoms with E-state index in [1.165, 1.54) is 10.6 Å². The van der Waals surface area contributed by atoms with Gasteiger partial charge in [-0.05, 0) is 17.7 Å². The number of anilines is 1. The number of nitrogens with zero attached hydrogens (tertiary/aromatic N) is 1. The molecule has 5 nitrogen and oxygen atoms in total. The molecule has 0 aromatic heterocycles. The molecule has 2 rings (SSSR count). The molecule has 0 saturated carbocycles. The molecular weight excluding hydrogens is 240 g/mol. The molecule has 1 unspecified atom stereocenters. The predicted molar refractivity (Wildman–Crippen MR) is 66.0 cm³/mol. The van der Waals surface area contributed by atoms with E-state index in [0.717, 1.165) is 5.56 Å². The maximum Gasteiger partial charge on any atom is 0.211 e. The SMILES string of the molecule is CS(=O)(=O)N1CCOC(c2ccc(N)cc2)C1. The first-order valence-corrected chi connectivity index (χ1v) is 7.24. The highest BCUT2D eigenvalue weighted by atomic mass is 32.2. The molecule has 1 atom stereocenters. The van der Waals surface area contributed by atoms with Gasteiger partial charge in [-0.1, -0.05) is 12.1 Å². The fourth-order valence-electron chi connectivity index (χ4n) is 1.84. The van der Waals surface area contributed by atoms with Crippen LogP contribution in [0.1, 0.15) is 11.7 Å². The van der Waals surface area contributed by atoms with Gasteiger partial charge in [-0.2, -0.15) is 4.31 Å². The largest absolute Gasteiger partial charge is 0.399 e. The Hall–Kier alpha value is -1.11. The normalized spacial score (nSPS) is 22.5. The summed E-state index contributed by atoms with van der Waals surface area (Å²) in [4.78, 5) is 0. The van der Waals surface area contributed by atoms with Gasteiger partial charge in [-0.25, -0.2) is 8.42 Å². The lowest BCUT2D eigenvalue weighted by molar-refractivity contribution is -0.00233. The van der Waals surface area contributed by atoms with Crippen molar-refractivity contribution in [3.63, 3.8) is 0 Å². The summed E-state index contributed by atoms with van der Waals surface area (Å²) in [5, 5.41) is 0. The van der Waals surface area contributed by atoms with E-state index in [2.05, 4.69) is 0 Å². The van der Waals surface area contributed by atoms with Crippen LogP contribution in [-0.2, 0) is 14.8 Å². The van der Waals surface area contributed by atoms with E-state index in [1.807, 2.05) is 12.1 Å².